The molecule has 2 heterocycles. The van der Waals surface area contributed by atoms with E-state index in [1.807, 2.05) is 0 Å². The number of aryl methyl sites for hydroxylation is 1. The summed E-state index contributed by atoms with van der Waals surface area (Å²) in [5.41, 5.74) is 4.89. The lowest BCUT2D eigenvalue weighted by molar-refractivity contribution is 0.0317. The largest absolute Gasteiger partial charge is 0.451 e. The molecule has 1 atom stereocenters. The minimum Gasteiger partial charge on any atom is -0.451 e. The van der Waals surface area contributed by atoms with Crippen molar-refractivity contribution in [1.82, 2.24) is 9.97 Å². The maximum atomic E-state index is 12.7. The number of Topliss-reactive ketones (excluding diaryl/α,β-unsaturated/α-hetero) is 2. The number of thiazole rings is 1. The number of carbonyl (C=O) groups is 3. The molecule has 1 N–H and O–H groups in total. The first-order valence-electron chi connectivity index (χ1n) is 8.08. The number of hydrogen-bond donors (Lipinski definition) is 1. The molecule has 0 spiro atoms. The van der Waals surface area contributed by atoms with Crippen LogP contribution in [0.2, 0.25) is 0 Å². The Balaban J connectivity index is 1.79. The van der Waals surface area contributed by atoms with Gasteiger partial charge in [0, 0.05) is 11.3 Å². The summed E-state index contributed by atoms with van der Waals surface area (Å²) in [6.07, 6.45) is -0.976. The fraction of sp³-hybridized carbons (Fsp3) is 0.263. The molecule has 0 saturated heterocycles. The molecule has 0 bridgehead atoms. The Morgan fingerprint density at radius 2 is 1.96 bits per heavy atom. The van der Waals surface area contributed by atoms with Gasteiger partial charge in [-0.3, -0.25) is 9.59 Å². The molecule has 0 saturated carbocycles. The van der Waals surface area contributed by atoms with Crippen molar-refractivity contribution in [1.29, 1.82) is 0 Å². The fourth-order valence-corrected chi connectivity index (χ4v) is 3.71. The van der Waals surface area contributed by atoms with Crippen LogP contribution in [-0.2, 0) is 4.74 Å². The summed E-state index contributed by atoms with van der Waals surface area (Å²) in [7, 11) is 0. The second kappa shape index (κ2) is 6.84. The Morgan fingerprint density at radius 3 is 2.62 bits per heavy atom. The van der Waals surface area contributed by atoms with E-state index in [0.29, 0.717) is 28.1 Å². The molecule has 0 unspecified atom stereocenters. The number of nitrogens with one attached hydrogen (secondary N) is 1. The van der Waals surface area contributed by atoms with Gasteiger partial charge in [0.2, 0.25) is 5.78 Å². The molecule has 3 aromatic rings. The van der Waals surface area contributed by atoms with Gasteiger partial charge in [-0.15, -0.1) is 11.3 Å². The average molecular weight is 370 g/mol. The number of aromatic nitrogens is 2. The SMILES string of the molecule is CC(=O)c1c(C)[nH]c(C(=O)[C@H](C)OC(=O)c2ccc3ncsc3c2)c1C. The van der Waals surface area contributed by atoms with E-state index in [0.717, 1.165) is 10.2 Å². The van der Waals surface area contributed by atoms with E-state index < -0.39 is 12.1 Å². The highest BCUT2D eigenvalue weighted by Crippen LogP contribution is 2.22. The van der Waals surface area contributed by atoms with Gasteiger partial charge in [0.25, 0.3) is 0 Å². The molecule has 1 aromatic carbocycles. The van der Waals surface area contributed by atoms with Gasteiger partial charge in [-0.05, 0) is 51.5 Å². The van der Waals surface area contributed by atoms with Crippen LogP contribution in [0.15, 0.2) is 23.7 Å². The Hall–Kier alpha value is -2.80. The summed E-state index contributed by atoms with van der Waals surface area (Å²) in [6.45, 7) is 6.42. The first-order valence-corrected chi connectivity index (χ1v) is 8.96. The molecule has 0 fully saturated rings. The van der Waals surface area contributed by atoms with Crippen LogP contribution in [-0.4, -0.2) is 33.6 Å². The smallest absolute Gasteiger partial charge is 0.338 e. The standard InChI is InChI=1S/C19H18N2O4S/c1-9-16(11(3)22)10(2)21-17(9)18(23)12(4)25-19(24)13-5-6-14-15(7-13)26-8-20-14/h5-8,12,21H,1-4H3/t12-/m0/s1. The van der Waals surface area contributed by atoms with Gasteiger partial charge in [0.1, 0.15) is 0 Å². The molecule has 0 aliphatic heterocycles. The quantitative estimate of drug-likeness (QED) is 0.544. The van der Waals surface area contributed by atoms with E-state index in [9.17, 15) is 14.4 Å². The number of rotatable bonds is 5. The van der Waals surface area contributed by atoms with Crippen molar-refractivity contribution < 1.29 is 19.1 Å². The Morgan fingerprint density at radius 1 is 1.23 bits per heavy atom. The molecular formula is C19H18N2O4S. The van der Waals surface area contributed by atoms with Gasteiger partial charge in [-0.2, -0.15) is 0 Å². The van der Waals surface area contributed by atoms with E-state index in [2.05, 4.69) is 9.97 Å². The van der Waals surface area contributed by atoms with Gasteiger partial charge in [-0.1, -0.05) is 0 Å². The molecule has 0 amide bonds. The number of H-pyrrole nitrogens is 1. The predicted octanol–water partition coefficient (Wildman–Crippen LogP) is 3.87. The lowest BCUT2D eigenvalue weighted by Gasteiger charge is -2.12. The van der Waals surface area contributed by atoms with Crippen molar-refractivity contribution in [2.24, 2.45) is 0 Å². The second-order valence-corrected chi connectivity index (χ2v) is 7.01. The van der Waals surface area contributed by atoms with Crippen molar-refractivity contribution in [3.05, 3.63) is 51.8 Å². The number of ketones is 2. The highest BCUT2D eigenvalue weighted by molar-refractivity contribution is 7.16. The number of esters is 1. The maximum Gasteiger partial charge on any atom is 0.338 e. The Kier molecular flexibility index (Phi) is 4.73. The third-order valence-corrected chi connectivity index (χ3v) is 5.05. The van der Waals surface area contributed by atoms with Crippen molar-refractivity contribution in [3.63, 3.8) is 0 Å². The van der Waals surface area contributed by atoms with E-state index in [4.69, 9.17) is 4.74 Å². The van der Waals surface area contributed by atoms with E-state index in [-0.39, 0.29) is 11.6 Å². The second-order valence-electron chi connectivity index (χ2n) is 6.13. The number of hydrogen-bond acceptors (Lipinski definition) is 6. The number of aromatic amines is 1. The monoisotopic (exact) mass is 370 g/mol. The normalized spacial score (nSPS) is 12.2. The minimum atomic E-state index is -0.976. The van der Waals surface area contributed by atoms with Gasteiger partial charge in [0.15, 0.2) is 11.9 Å². The summed E-state index contributed by atoms with van der Waals surface area (Å²) < 4.78 is 6.21. The third kappa shape index (κ3) is 3.17. The molecular weight excluding hydrogens is 352 g/mol. The molecule has 3 rings (SSSR count). The lowest BCUT2D eigenvalue weighted by atomic mass is 10.0. The lowest BCUT2D eigenvalue weighted by Crippen LogP contribution is -2.25. The first kappa shape index (κ1) is 18.0. The summed E-state index contributed by atoms with van der Waals surface area (Å²) in [6, 6.07) is 5.07. The van der Waals surface area contributed by atoms with Gasteiger partial charge in [-0.25, -0.2) is 9.78 Å². The van der Waals surface area contributed by atoms with Crippen molar-refractivity contribution in [2.45, 2.75) is 33.8 Å². The van der Waals surface area contributed by atoms with Crippen LogP contribution in [0.5, 0.6) is 0 Å². The molecule has 0 aliphatic rings. The Labute approximate surface area is 154 Å². The summed E-state index contributed by atoms with van der Waals surface area (Å²) in [4.78, 5) is 43.9. The Bertz CT molecular complexity index is 1030. The number of nitrogens with zero attached hydrogens (tertiary/aromatic N) is 1. The highest BCUT2D eigenvalue weighted by atomic mass is 32.1. The van der Waals surface area contributed by atoms with Crippen LogP contribution in [0.1, 0.15) is 56.3 Å². The van der Waals surface area contributed by atoms with Gasteiger partial charge >= 0.3 is 5.97 Å². The van der Waals surface area contributed by atoms with Crippen LogP contribution in [0.4, 0.5) is 0 Å². The molecule has 0 radical (unpaired) electrons. The minimum absolute atomic E-state index is 0.113. The number of fused-ring (bicyclic) bond motifs is 1. The number of carbonyl (C=O) groups excluding carboxylic acids is 3. The van der Waals surface area contributed by atoms with E-state index >= 15 is 0 Å². The molecule has 2 aromatic heterocycles. The van der Waals surface area contributed by atoms with Gasteiger partial charge < -0.3 is 9.72 Å². The van der Waals surface area contributed by atoms with Crippen LogP contribution < -0.4 is 0 Å². The fourth-order valence-electron chi connectivity index (χ4n) is 2.99. The highest BCUT2D eigenvalue weighted by Gasteiger charge is 2.26. The van der Waals surface area contributed by atoms with Gasteiger partial charge in [0.05, 0.1) is 27.0 Å². The summed E-state index contributed by atoms with van der Waals surface area (Å²) in [5.74, 6) is -1.06. The predicted molar refractivity (Wildman–Crippen MR) is 99.1 cm³/mol. The first-order chi connectivity index (χ1) is 12.3. The van der Waals surface area contributed by atoms with Crippen LogP contribution in [0.25, 0.3) is 10.2 Å². The zero-order valence-corrected chi connectivity index (χ0v) is 15.7. The van der Waals surface area contributed by atoms with Crippen molar-refractivity contribution in [3.8, 4) is 0 Å². The van der Waals surface area contributed by atoms with Crippen molar-refractivity contribution >= 4 is 39.1 Å². The molecule has 134 valence electrons. The van der Waals surface area contributed by atoms with Crippen LogP contribution in [0, 0.1) is 13.8 Å². The van der Waals surface area contributed by atoms with E-state index in [1.54, 1.807) is 37.6 Å². The maximum absolute atomic E-state index is 12.7. The summed E-state index contributed by atoms with van der Waals surface area (Å²) in [5, 5.41) is 0. The number of benzene rings is 1. The van der Waals surface area contributed by atoms with Crippen LogP contribution in [0.3, 0.4) is 0 Å². The summed E-state index contributed by atoms with van der Waals surface area (Å²) >= 11 is 1.43. The zero-order valence-electron chi connectivity index (χ0n) is 14.9. The van der Waals surface area contributed by atoms with E-state index in [1.165, 1.54) is 25.2 Å². The topological polar surface area (TPSA) is 89.1 Å². The zero-order chi connectivity index (χ0) is 19.0. The molecule has 6 nitrogen and oxygen atoms in total. The number of ether oxygens (including phenoxy) is 1. The molecule has 7 heteroatoms. The molecule has 26 heavy (non-hydrogen) atoms. The van der Waals surface area contributed by atoms with Crippen molar-refractivity contribution in [2.75, 3.05) is 0 Å². The molecule has 0 aliphatic carbocycles. The third-order valence-electron chi connectivity index (χ3n) is 4.26. The average Bonchev–Trinajstić information content (AvgIpc) is 3.17. The van der Waals surface area contributed by atoms with Crippen LogP contribution >= 0.6 is 11.3 Å².